The van der Waals surface area contributed by atoms with Gasteiger partial charge in [-0.25, -0.2) is 13.4 Å². The van der Waals surface area contributed by atoms with Gasteiger partial charge in [0.2, 0.25) is 10.0 Å². The number of hydrogen-bond acceptors (Lipinski definition) is 5. The van der Waals surface area contributed by atoms with Crippen LogP contribution in [0.3, 0.4) is 0 Å². The Hall–Kier alpha value is -2.28. The van der Waals surface area contributed by atoms with Crippen LogP contribution in [-0.4, -0.2) is 45.3 Å². The maximum absolute atomic E-state index is 11.8. The molecular formula is C19H26N4O2S. The van der Waals surface area contributed by atoms with E-state index in [9.17, 15) is 8.42 Å². The lowest BCUT2D eigenvalue weighted by Crippen LogP contribution is -2.46. The first-order valence-corrected chi connectivity index (χ1v) is 10.7. The molecule has 1 saturated heterocycles. The number of nitrogens with zero attached hydrogens (tertiary/aromatic N) is 3. The van der Waals surface area contributed by atoms with Gasteiger partial charge in [-0.15, -0.1) is 0 Å². The summed E-state index contributed by atoms with van der Waals surface area (Å²) >= 11 is 0. The third kappa shape index (κ3) is 4.66. The number of sulfonamides is 1. The van der Waals surface area contributed by atoms with Crippen molar-refractivity contribution in [2.45, 2.75) is 20.3 Å². The van der Waals surface area contributed by atoms with Crippen molar-refractivity contribution in [1.29, 1.82) is 0 Å². The molecule has 0 amide bonds. The second-order valence-electron chi connectivity index (χ2n) is 6.64. The van der Waals surface area contributed by atoms with Gasteiger partial charge >= 0.3 is 0 Å². The highest BCUT2D eigenvalue weighted by atomic mass is 32.2. The van der Waals surface area contributed by atoms with E-state index >= 15 is 0 Å². The van der Waals surface area contributed by atoms with E-state index in [0.29, 0.717) is 12.2 Å². The Morgan fingerprint density at radius 2 is 1.73 bits per heavy atom. The lowest BCUT2D eigenvalue weighted by molar-refractivity contribution is 0.599. The molecule has 7 heteroatoms. The number of piperazine rings is 1. The maximum atomic E-state index is 11.8. The topological polar surface area (TPSA) is 65.5 Å². The first-order chi connectivity index (χ1) is 12.5. The molecule has 0 atom stereocenters. The van der Waals surface area contributed by atoms with Gasteiger partial charge < -0.3 is 9.80 Å². The second-order valence-corrected chi connectivity index (χ2v) is 8.48. The standard InChI is InChI=1S/C19H26N4O2S/c1-3-13-26(24,25)21-19-8-7-18(15-20-19)23-11-9-22(10-12-23)17-6-4-5-16(2)14-17/h4-8,14-15H,3,9-13H2,1-2H3,(H,20,21). The van der Waals surface area contributed by atoms with Gasteiger partial charge in [0, 0.05) is 31.9 Å². The summed E-state index contributed by atoms with van der Waals surface area (Å²) < 4.78 is 26.1. The van der Waals surface area contributed by atoms with Crippen molar-refractivity contribution in [2.75, 3.05) is 46.5 Å². The maximum Gasteiger partial charge on any atom is 0.233 e. The number of rotatable bonds is 6. The van der Waals surface area contributed by atoms with Crippen LogP contribution in [0.5, 0.6) is 0 Å². The fourth-order valence-corrected chi connectivity index (χ4v) is 4.24. The third-order valence-corrected chi connectivity index (χ3v) is 5.96. The van der Waals surface area contributed by atoms with Crippen LogP contribution in [0.4, 0.5) is 17.2 Å². The Morgan fingerprint density at radius 1 is 1.04 bits per heavy atom. The molecule has 1 aromatic carbocycles. The molecule has 2 heterocycles. The average molecular weight is 375 g/mol. The van der Waals surface area contributed by atoms with Gasteiger partial charge in [0.05, 0.1) is 17.6 Å². The van der Waals surface area contributed by atoms with Crippen LogP contribution < -0.4 is 14.5 Å². The molecule has 1 fully saturated rings. The van der Waals surface area contributed by atoms with Crippen molar-refractivity contribution >= 4 is 27.2 Å². The van der Waals surface area contributed by atoms with Crippen LogP contribution in [-0.2, 0) is 10.0 Å². The van der Waals surface area contributed by atoms with Crippen molar-refractivity contribution in [1.82, 2.24) is 4.98 Å². The molecule has 1 aliphatic rings. The smallest absolute Gasteiger partial charge is 0.233 e. The van der Waals surface area contributed by atoms with Crippen LogP contribution in [0.1, 0.15) is 18.9 Å². The Bertz CT molecular complexity index is 829. The highest BCUT2D eigenvalue weighted by Gasteiger charge is 2.18. The van der Waals surface area contributed by atoms with Gasteiger partial charge in [0.1, 0.15) is 5.82 Å². The van der Waals surface area contributed by atoms with E-state index in [4.69, 9.17) is 0 Å². The van der Waals surface area contributed by atoms with E-state index in [1.165, 1.54) is 11.3 Å². The summed E-state index contributed by atoms with van der Waals surface area (Å²) in [4.78, 5) is 8.94. The van der Waals surface area contributed by atoms with Crippen molar-refractivity contribution in [2.24, 2.45) is 0 Å². The molecule has 140 valence electrons. The molecule has 0 bridgehead atoms. The summed E-state index contributed by atoms with van der Waals surface area (Å²) in [5.41, 5.74) is 3.56. The van der Waals surface area contributed by atoms with Gasteiger partial charge in [-0.05, 0) is 43.2 Å². The summed E-state index contributed by atoms with van der Waals surface area (Å²) in [6.45, 7) is 7.68. The van der Waals surface area contributed by atoms with E-state index in [1.54, 1.807) is 12.3 Å². The number of nitrogens with one attached hydrogen (secondary N) is 1. The van der Waals surface area contributed by atoms with Crippen LogP contribution >= 0.6 is 0 Å². The Kier molecular flexibility index (Phi) is 5.66. The van der Waals surface area contributed by atoms with E-state index in [1.807, 2.05) is 13.0 Å². The molecule has 1 N–H and O–H groups in total. The molecule has 1 aromatic heterocycles. The van der Waals surface area contributed by atoms with E-state index in [2.05, 4.69) is 50.7 Å². The molecule has 0 saturated carbocycles. The Balaban J connectivity index is 1.59. The third-order valence-electron chi connectivity index (χ3n) is 4.49. The molecule has 0 radical (unpaired) electrons. The predicted octanol–water partition coefficient (Wildman–Crippen LogP) is 2.87. The fourth-order valence-electron chi connectivity index (χ4n) is 3.16. The van der Waals surface area contributed by atoms with Crippen LogP contribution in [0.25, 0.3) is 0 Å². The van der Waals surface area contributed by atoms with Gasteiger partial charge in [-0.1, -0.05) is 19.1 Å². The molecule has 0 spiro atoms. The van der Waals surface area contributed by atoms with Crippen LogP contribution in [0.15, 0.2) is 42.6 Å². The first kappa shape index (κ1) is 18.5. The summed E-state index contributed by atoms with van der Waals surface area (Å²) in [6, 6.07) is 12.2. The minimum atomic E-state index is -3.30. The number of pyridine rings is 1. The monoisotopic (exact) mass is 374 g/mol. The highest BCUT2D eigenvalue weighted by molar-refractivity contribution is 7.92. The summed E-state index contributed by atoms with van der Waals surface area (Å²) in [7, 11) is -3.30. The van der Waals surface area contributed by atoms with Gasteiger partial charge in [0.25, 0.3) is 0 Å². The molecule has 0 unspecified atom stereocenters. The fraction of sp³-hybridized carbons (Fsp3) is 0.421. The van der Waals surface area contributed by atoms with Crippen molar-refractivity contribution in [3.8, 4) is 0 Å². The Labute approximate surface area is 155 Å². The second kappa shape index (κ2) is 7.95. The number of anilines is 3. The van der Waals surface area contributed by atoms with Crippen LogP contribution in [0, 0.1) is 6.92 Å². The molecule has 1 aliphatic heterocycles. The van der Waals surface area contributed by atoms with Crippen molar-refractivity contribution in [3.63, 3.8) is 0 Å². The summed E-state index contributed by atoms with van der Waals surface area (Å²) in [5, 5.41) is 0. The largest absolute Gasteiger partial charge is 0.368 e. The average Bonchev–Trinajstić information content (AvgIpc) is 2.62. The lowest BCUT2D eigenvalue weighted by Gasteiger charge is -2.37. The van der Waals surface area contributed by atoms with E-state index in [0.717, 1.165) is 31.9 Å². The molecule has 6 nitrogen and oxygen atoms in total. The number of hydrogen-bond donors (Lipinski definition) is 1. The van der Waals surface area contributed by atoms with Gasteiger partial charge in [-0.2, -0.15) is 0 Å². The predicted molar refractivity (Wildman–Crippen MR) is 108 cm³/mol. The minimum absolute atomic E-state index is 0.108. The van der Waals surface area contributed by atoms with Crippen molar-refractivity contribution in [3.05, 3.63) is 48.2 Å². The van der Waals surface area contributed by atoms with E-state index in [-0.39, 0.29) is 5.75 Å². The number of aromatic nitrogens is 1. The summed E-state index contributed by atoms with van der Waals surface area (Å²) in [5.74, 6) is 0.484. The zero-order valence-electron chi connectivity index (χ0n) is 15.4. The quantitative estimate of drug-likeness (QED) is 0.842. The van der Waals surface area contributed by atoms with Gasteiger partial charge in [-0.3, -0.25) is 4.72 Å². The van der Waals surface area contributed by atoms with Crippen molar-refractivity contribution < 1.29 is 8.42 Å². The molecule has 3 rings (SSSR count). The lowest BCUT2D eigenvalue weighted by atomic mass is 10.2. The van der Waals surface area contributed by atoms with E-state index < -0.39 is 10.0 Å². The zero-order valence-corrected chi connectivity index (χ0v) is 16.2. The molecule has 2 aromatic rings. The highest BCUT2D eigenvalue weighted by Crippen LogP contribution is 2.21. The number of benzene rings is 1. The van der Waals surface area contributed by atoms with Crippen LogP contribution in [0.2, 0.25) is 0 Å². The Morgan fingerprint density at radius 3 is 2.31 bits per heavy atom. The minimum Gasteiger partial charge on any atom is -0.368 e. The molecular weight excluding hydrogens is 348 g/mol. The number of aryl methyl sites for hydroxylation is 1. The SMILES string of the molecule is CCCS(=O)(=O)Nc1ccc(N2CCN(c3cccc(C)c3)CC2)cn1. The van der Waals surface area contributed by atoms with Gasteiger partial charge in [0.15, 0.2) is 0 Å². The molecule has 26 heavy (non-hydrogen) atoms. The first-order valence-electron chi connectivity index (χ1n) is 9.00. The normalized spacial score (nSPS) is 15.2. The zero-order chi connectivity index (χ0) is 18.6. The summed E-state index contributed by atoms with van der Waals surface area (Å²) in [6.07, 6.45) is 2.32. The molecule has 0 aliphatic carbocycles.